The highest BCUT2D eigenvalue weighted by Crippen LogP contribution is 2.48. The highest BCUT2D eigenvalue weighted by Gasteiger charge is 2.51. The van der Waals surface area contributed by atoms with Gasteiger partial charge in [0.1, 0.15) is 0 Å². The van der Waals surface area contributed by atoms with Crippen molar-refractivity contribution >= 4 is 0 Å². The lowest BCUT2D eigenvalue weighted by molar-refractivity contribution is -0.223. The zero-order valence-corrected chi connectivity index (χ0v) is 6.07. The Bertz CT molecular complexity index is 127. The van der Waals surface area contributed by atoms with E-state index in [0.29, 0.717) is 6.42 Å². The second kappa shape index (κ2) is 2.14. The fraction of sp³-hybridized carbons (Fsp3) is 1.00. The molecule has 0 amide bonds. The Kier molecular flexibility index (Phi) is 1.69. The van der Waals surface area contributed by atoms with Crippen LogP contribution in [-0.2, 0) is 0 Å². The van der Waals surface area contributed by atoms with E-state index in [2.05, 4.69) is 0 Å². The van der Waals surface area contributed by atoms with E-state index in [1.807, 2.05) is 6.92 Å². The molecule has 1 aliphatic carbocycles. The minimum atomic E-state index is -3.95. The Morgan fingerprint density at radius 2 is 1.70 bits per heavy atom. The Hall–Kier alpha value is -0.210. The summed E-state index contributed by atoms with van der Waals surface area (Å²) < 4.78 is 35.8. The summed E-state index contributed by atoms with van der Waals surface area (Å²) in [4.78, 5) is 0. The van der Waals surface area contributed by atoms with E-state index in [-0.39, 0.29) is 11.8 Å². The van der Waals surface area contributed by atoms with Crippen LogP contribution >= 0.6 is 0 Å². The number of rotatable bonds is 0. The molecule has 0 spiro atoms. The van der Waals surface area contributed by atoms with Crippen molar-refractivity contribution in [3.8, 4) is 0 Å². The number of alkyl halides is 3. The van der Waals surface area contributed by atoms with Crippen LogP contribution in [0.3, 0.4) is 0 Å². The van der Waals surface area contributed by atoms with Crippen LogP contribution in [0.1, 0.15) is 20.3 Å². The molecule has 60 valence electrons. The normalized spacial score (nSPS) is 41.1. The molecule has 0 aromatic rings. The van der Waals surface area contributed by atoms with Crippen molar-refractivity contribution < 1.29 is 13.2 Å². The molecule has 3 atom stereocenters. The maximum absolute atomic E-state index is 11.9. The summed E-state index contributed by atoms with van der Waals surface area (Å²) in [7, 11) is 0. The molecule has 0 heterocycles. The molecule has 0 aliphatic heterocycles. The molecule has 2 unspecified atom stereocenters. The van der Waals surface area contributed by atoms with Gasteiger partial charge in [-0.25, -0.2) is 0 Å². The quantitative estimate of drug-likeness (QED) is 0.500. The smallest absolute Gasteiger partial charge is 0.171 e. The van der Waals surface area contributed by atoms with Gasteiger partial charge in [-0.05, 0) is 18.3 Å². The van der Waals surface area contributed by atoms with E-state index in [0.717, 1.165) is 0 Å². The van der Waals surface area contributed by atoms with E-state index in [4.69, 9.17) is 0 Å². The number of halogens is 3. The highest BCUT2D eigenvalue weighted by molar-refractivity contribution is 4.87. The molecule has 1 fully saturated rings. The first-order valence-corrected chi connectivity index (χ1v) is 3.49. The largest absolute Gasteiger partial charge is 0.392 e. The Morgan fingerprint density at radius 1 is 1.20 bits per heavy atom. The SMILES string of the molecule is CC1CC(C(F)(F)F)[C@H]1C. The molecule has 0 radical (unpaired) electrons. The first kappa shape index (κ1) is 7.89. The standard InChI is InChI=1S/C7H11F3/c1-4-3-6(5(4)2)7(8,9)10/h4-6H,3H2,1-2H3/t4?,5-,6?/m0/s1. The van der Waals surface area contributed by atoms with Gasteiger partial charge in [-0.3, -0.25) is 0 Å². The fourth-order valence-electron chi connectivity index (χ4n) is 1.46. The molecule has 0 aromatic heterocycles. The van der Waals surface area contributed by atoms with Crippen LogP contribution in [0.15, 0.2) is 0 Å². The molecule has 0 aromatic carbocycles. The molecule has 1 rings (SSSR count). The van der Waals surface area contributed by atoms with Crippen LogP contribution in [0.5, 0.6) is 0 Å². The number of hydrogen-bond donors (Lipinski definition) is 0. The zero-order valence-electron chi connectivity index (χ0n) is 6.07. The van der Waals surface area contributed by atoms with Crippen LogP contribution < -0.4 is 0 Å². The van der Waals surface area contributed by atoms with Gasteiger partial charge in [0.25, 0.3) is 0 Å². The summed E-state index contributed by atoms with van der Waals surface area (Å²) in [6, 6.07) is 0. The predicted molar refractivity (Wildman–Crippen MR) is 32.5 cm³/mol. The van der Waals surface area contributed by atoms with Gasteiger partial charge in [0.2, 0.25) is 0 Å². The first-order chi connectivity index (χ1) is 4.43. The molecule has 10 heavy (non-hydrogen) atoms. The fourth-order valence-corrected chi connectivity index (χ4v) is 1.46. The molecular weight excluding hydrogens is 141 g/mol. The summed E-state index contributed by atoms with van der Waals surface area (Å²) in [6.45, 7) is 3.54. The Morgan fingerprint density at radius 3 is 1.80 bits per heavy atom. The van der Waals surface area contributed by atoms with E-state index >= 15 is 0 Å². The van der Waals surface area contributed by atoms with Crippen LogP contribution in [-0.4, -0.2) is 6.18 Å². The topological polar surface area (TPSA) is 0 Å². The minimum Gasteiger partial charge on any atom is -0.171 e. The molecular formula is C7H11F3. The first-order valence-electron chi connectivity index (χ1n) is 3.49. The second-order valence-corrected chi connectivity index (χ2v) is 3.22. The van der Waals surface area contributed by atoms with Gasteiger partial charge in [0.05, 0.1) is 5.92 Å². The molecule has 1 aliphatic rings. The predicted octanol–water partition coefficient (Wildman–Crippen LogP) is 2.84. The van der Waals surface area contributed by atoms with Crippen molar-refractivity contribution in [1.82, 2.24) is 0 Å². The van der Waals surface area contributed by atoms with E-state index < -0.39 is 12.1 Å². The van der Waals surface area contributed by atoms with Gasteiger partial charge in [-0.15, -0.1) is 0 Å². The average molecular weight is 152 g/mol. The highest BCUT2D eigenvalue weighted by atomic mass is 19.4. The van der Waals surface area contributed by atoms with Crippen LogP contribution in [0, 0.1) is 17.8 Å². The molecule has 3 heteroatoms. The van der Waals surface area contributed by atoms with E-state index in [9.17, 15) is 13.2 Å². The third-order valence-corrected chi connectivity index (χ3v) is 2.58. The van der Waals surface area contributed by atoms with Gasteiger partial charge in [-0.1, -0.05) is 13.8 Å². The van der Waals surface area contributed by atoms with Gasteiger partial charge in [0, 0.05) is 0 Å². The maximum atomic E-state index is 11.9. The van der Waals surface area contributed by atoms with Gasteiger partial charge >= 0.3 is 6.18 Å². The van der Waals surface area contributed by atoms with Crippen molar-refractivity contribution in [3.05, 3.63) is 0 Å². The van der Waals surface area contributed by atoms with Crippen molar-refractivity contribution in [2.75, 3.05) is 0 Å². The summed E-state index contributed by atoms with van der Waals surface area (Å²) in [6.07, 6.45) is -3.63. The summed E-state index contributed by atoms with van der Waals surface area (Å²) in [5, 5.41) is 0. The maximum Gasteiger partial charge on any atom is 0.392 e. The molecule has 1 saturated carbocycles. The zero-order chi connectivity index (χ0) is 7.94. The minimum absolute atomic E-state index is 0.167. The summed E-state index contributed by atoms with van der Waals surface area (Å²) in [5.74, 6) is -0.936. The third kappa shape index (κ3) is 1.13. The van der Waals surface area contributed by atoms with Gasteiger partial charge < -0.3 is 0 Å². The van der Waals surface area contributed by atoms with Crippen LogP contribution in [0.4, 0.5) is 13.2 Å². The van der Waals surface area contributed by atoms with Crippen molar-refractivity contribution in [2.24, 2.45) is 17.8 Å². The Balaban J connectivity index is 2.48. The molecule has 0 saturated heterocycles. The lowest BCUT2D eigenvalue weighted by atomic mass is 9.66. The summed E-state index contributed by atoms with van der Waals surface area (Å²) in [5.41, 5.74) is 0. The van der Waals surface area contributed by atoms with Crippen molar-refractivity contribution in [2.45, 2.75) is 26.4 Å². The van der Waals surface area contributed by atoms with Crippen molar-refractivity contribution in [1.29, 1.82) is 0 Å². The second-order valence-electron chi connectivity index (χ2n) is 3.22. The van der Waals surface area contributed by atoms with Crippen LogP contribution in [0.2, 0.25) is 0 Å². The van der Waals surface area contributed by atoms with Gasteiger partial charge in [0.15, 0.2) is 0 Å². The lowest BCUT2D eigenvalue weighted by Gasteiger charge is -2.41. The summed E-state index contributed by atoms with van der Waals surface area (Å²) >= 11 is 0. The number of hydrogen-bond acceptors (Lipinski definition) is 0. The monoisotopic (exact) mass is 152 g/mol. The molecule has 0 nitrogen and oxygen atoms in total. The van der Waals surface area contributed by atoms with Crippen molar-refractivity contribution in [3.63, 3.8) is 0 Å². The third-order valence-electron chi connectivity index (χ3n) is 2.58. The van der Waals surface area contributed by atoms with E-state index in [1.165, 1.54) is 0 Å². The van der Waals surface area contributed by atoms with Gasteiger partial charge in [-0.2, -0.15) is 13.2 Å². The lowest BCUT2D eigenvalue weighted by Crippen LogP contribution is -2.42. The molecule has 0 bridgehead atoms. The van der Waals surface area contributed by atoms with Crippen LogP contribution in [0.25, 0.3) is 0 Å². The Labute approximate surface area is 58.4 Å². The van der Waals surface area contributed by atoms with E-state index in [1.54, 1.807) is 6.92 Å². The molecule has 0 N–H and O–H groups in total. The average Bonchev–Trinajstić information content (AvgIpc) is 1.79.